The van der Waals surface area contributed by atoms with Gasteiger partial charge in [0.25, 0.3) is 0 Å². The highest BCUT2D eigenvalue weighted by atomic mass is 35.5. The van der Waals surface area contributed by atoms with Gasteiger partial charge in [0.15, 0.2) is 5.43 Å². The predicted octanol–water partition coefficient (Wildman–Crippen LogP) is 6.03. The molecule has 6 heteroatoms. The summed E-state index contributed by atoms with van der Waals surface area (Å²) in [5, 5.41) is 2.62. The van der Waals surface area contributed by atoms with Gasteiger partial charge in [-0.25, -0.2) is 0 Å². The minimum absolute atomic E-state index is 0.124. The smallest absolute Gasteiger partial charge is 0.195 e. The summed E-state index contributed by atoms with van der Waals surface area (Å²) in [6, 6.07) is 6.54. The van der Waals surface area contributed by atoms with E-state index in [1.165, 1.54) is 11.3 Å². The molecule has 2 aromatic carbocycles. The number of fused-ring (bicyclic) bond motifs is 2. The Bertz CT molecular complexity index is 816. The Kier molecular flexibility index (Phi) is 3.40. The SMILES string of the molecule is O=c1c2cc(Cl)c(Cl)cc2sc2cc(Cl)c(Cl)cc12. The van der Waals surface area contributed by atoms with Crippen molar-refractivity contribution in [3.8, 4) is 0 Å². The van der Waals surface area contributed by atoms with Gasteiger partial charge in [-0.05, 0) is 24.3 Å². The first-order valence-electron chi connectivity index (χ1n) is 5.18. The van der Waals surface area contributed by atoms with Crippen LogP contribution in [0.2, 0.25) is 20.1 Å². The fraction of sp³-hybridized carbons (Fsp3) is 0. The second-order valence-corrected chi connectivity index (χ2v) is 6.67. The van der Waals surface area contributed by atoms with Crippen molar-refractivity contribution in [1.29, 1.82) is 0 Å². The van der Waals surface area contributed by atoms with Crippen molar-refractivity contribution in [2.75, 3.05) is 0 Å². The molecule has 96 valence electrons. The van der Waals surface area contributed by atoms with Crippen LogP contribution in [0.5, 0.6) is 0 Å². The summed E-state index contributed by atoms with van der Waals surface area (Å²) in [6.07, 6.45) is 0. The maximum Gasteiger partial charge on any atom is 0.195 e. The zero-order valence-corrected chi connectivity index (χ0v) is 13.0. The topological polar surface area (TPSA) is 17.1 Å². The third-order valence-corrected chi connectivity index (χ3v) is 5.31. The van der Waals surface area contributed by atoms with Crippen molar-refractivity contribution >= 4 is 77.9 Å². The molecule has 1 heterocycles. The Morgan fingerprint density at radius 3 is 1.47 bits per heavy atom. The maximum absolute atomic E-state index is 12.4. The van der Waals surface area contributed by atoms with Crippen LogP contribution < -0.4 is 5.43 Å². The monoisotopic (exact) mass is 348 g/mol. The summed E-state index contributed by atoms with van der Waals surface area (Å²) >= 11 is 25.3. The van der Waals surface area contributed by atoms with Crippen LogP contribution in [0, 0.1) is 0 Å². The molecule has 0 aliphatic carbocycles. The molecule has 19 heavy (non-hydrogen) atoms. The number of hydrogen-bond donors (Lipinski definition) is 0. The quantitative estimate of drug-likeness (QED) is 0.453. The summed E-state index contributed by atoms with van der Waals surface area (Å²) in [5.41, 5.74) is -0.124. The van der Waals surface area contributed by atoms with E-state index in [1.807, 2.05) is 0 Å². The molecule has 0 aliphatic heterocycles. The van der Waals surface area contributed by atoms with E-state index in [-0.39, 0.29) is 5.43 Å². The average Bonchev–Trinajstić information content (AvgIpc) is 2.35. The Labute approximate surface area is 132 Å². The molecule has 1 nitrogen and oxygen atoms in total. The first kappa shape index (κ1) is 13.5. The molecule has 0 N–H and O–H groups in total. The van der Waals surface area contributed by atoms with Gasteiger partial charge in [-0.2, -0.15) is 0 Å². The van der Waals surface area contributed by atoms with Crippen LogP contribution in [0.25, 0.3) is 20.2 Å². The van der Waals surface area contributed by atoms with Gasteiger partial charge < -0.3 is 0 Å². The van der Waals surface area contributed by atoms with Crippen molar-refractivity contribution < 1.29 is 0 Å². The van der Waals surface area contributed by atoms with E-state index in [0.29, 0.717) is 30.9 Å². The fourth-order valence-corrected chi connectivity index (χ4v) is 3.74. The first-order valence-corrected chi connectivity index (χ1v) is 7.51. The van der Waals surface area contributed by atoms with Gasteiger partial charge in [-0.1, -0.05) is 46.4 Å². The molecule has 3 rings (SSSR count). The van der Waals surface area contributed by atoms with Crippen LogP contribution >= 0.6 is 57.7 Å². The van der Waals surface area contributed by atoms with Gasteiger partial charge >= 0.3 is 0 Å². The van der Waals surface area contributed by atoms with Gasteiger partial charge in [0.05, 0.1) is 20.1 Å². The lowest BCUT2D eigenvalue weighted by atomic mass is 10.2. The van der Waals surface area contributed by atoms with Crippen LogP contribution in [-0.4, -0.2) is 0 Å². The predicted molar refractivity (Wildman–Crippen MR) is 85.6 cm³/mol. The Morgan fingerprint density at radius 2 is 1.05 bits per heavy atom. The lowest BCUT2D eigenvalue weighted by molar-refractivity contribution is 1.74. The number of halogens is 4. The van der Waals surface area contributed by atoms with Crippen LogP contribution in [0.1, 0.15) is 0 Å². The van der Waals surface area contributed by atoms with Crippen LogP contribution in [0.15, 0.2) is 29.1 Å². The van der Waals surface area contributed by atoms with Gasteiger partial charge in [0.2, 0.25) is 0 Å². The summed E-state index contributed by atoms with van der Waals surface area (Å²) in [4.78, 5) is 12.4. The Hall–Kier alpha value is -0.510. The lowest BCUT2D eigenvalue weighted by Gasteiger charge is -2.04. The average molecular weight is 350 g/mol. The summed E-state index contributed by atoms with van der Waals surface area (Å²) < 4.78 is 1.54. The van der Waals surface area contributed by atoms with Gasteiger partial charge in [0.1, 0.15) is 0 Å². The minimum atomic E-state index is -0.124. The highest BCUT2D eigenvalue weighted by molar-refractivity contribution is 7.24. The van der Waals surface area contributed by atoms with Crippen molar-refractivity contribution in [2.45, 2.75) is 0 Å². The number of hydrogen-bond acceptors (Lipinski definition) is 2. The van der Waals surface area contributed by atoms with E-state index in [9.17, 15) is 4.79 Å². The molecule has 1 aromatic heterocycles. The van der Waals surface area contributed by atoms with E-state index in [1.54, 1.807) is 24.3 Å². The van der Waals surface area contributed by atoms with Crippen molar-refractivity contribution in [3.63, 3.8) is 0 Å². The first-order chi connectivity index (χ1) is 8.97. The normalized spacial score (nSPS) is 11.4. The minimum Gasteiger partial charge on any atom is -0.289 e. The van der Waals surface area contributed by atoms with Gasteiger partial charge in [-0.3, -0.25) is 4.79 Å². The highest BCUT2D eigenvalue weighted by Gasteiger charge is 2.11. The third kappa shape index (κ3) is 2.22. The van der Waals surface area contributed by atoms with E-state index in [0.717, 1.165) is 9.40 Å². The van der Waals surface area contributed by atoms with Gasteiger partial charge in [0, 0.05) is 20.2 Å². The van der Waals surface area contributed by atoms with E-state index in [4.69, 9.17) is 46.4 Å². The van der Waals surface area contributed by atoms with Crippen LogP contribution in [-0.2, 0) is 0 Å². The summed E-state index contributed by atoms with van der Waals surface area (Å²) in [5.74, 6) is 0. The van der Waals surface area contributed by atoms with Crippen molar-refractivity contribution in [3.05, 3.63) is 54.6 Å². The molecule has 0 radical (unpaired) electrons. The maximum atomic E-state index is 12.4. The highest BCUT2D eigenvalue weighted by Crippen LogP contribution is 2.34. The molecular weight excluding hydrogens is 346 g/mol. The molecule has 0 aliphatic rings. The van der Waals surface area contributed by atoms with Crippen LogP contribution in [0.3, 0.4) is 0 Å². The lowest BCUT2D eigenvalue weighted by Crippen LogP contribution is -2.01. The Balaban J connectivity index is 2.56. The van der Waals surface area contributed by atoms with E-state index < -0.39 is 0 Å². The zero-order chi connectivity index (χ0) is 13.7. The molecule has 0 fully saturated rings. The fourth-order valence-electron chi connectivity index (χ4n) is 1.84. The molecule has 3 aromatic rings. The largest absolute Gasteiger partial charge is 0.289 e. The molecule has 0 spiro atoms. The van der Waals surface area contributed by atoms with E-state index >= 15 is 0 Å². The van der Waals surface area contributed by atoms with Crippen molar-refractivity contribution in [2.24, 2.45) is 0 Å². The molecule has 0 bridgehead atoms. The Morgan fingerprint density at radius 1 is 0.684 bits per heavy atom. The third-order valence-electron chi connectivity index (χ3n) is 2.75. The second kappa shape index (κ2) is 4.80. The molecule has 0 atom stereocenters. The molecule has 0 unspecified atom stereocenters. The number of benzene rings is 2. The molecular formula is C13H4Cl4OS. The van der Waals surface area contributed by atoms with Crippen molar-refractivity contribution in [1.82, 2.24) is 0 Å². The van der Waals surface area contributed by atoms with Gasteiger partial charge in [-0.15, -0.1) is 11.3 Å². The summed E-state index contributed by atoms with van der Waals surface area (Å²) in [6.45, 7) is 0. The summed E-state index contributed by atoms with van der Waals surface area (Å²) in [7, 11) is 0. The number of rotatable bonds is 0. The molecule has 0 amide bonds. The molecule has 0 saturated carbocycles. The standard InChI is InChI=1S/C13H4Cl4OS/c14-7-1-5-11(3-9(7)16)19-12-4-10(17)8(15)2-6(12)13(5)18/h1-4H. The zero-order valence-electron chi connectivity index (χ0n) is 9.14. The van der Waals surface area contributed by atoms with E-state index in [2.05, 4.69) is 0 Å². The van der Waals surface area contributed by atoms with Crippen LogP contribution in [0.4, 0.5) is 0 Å². The second-order valence-electron chi connectivity index (χ2n) is 3.96. The molecule has 0 saturated heterocycles.